The Morgan fingerprint density at radius 1 is 0.684 bits per heavy atom. The van der Waals surface area contributed by atoms with Crippen molar-refractivity contribution in [3.63, 3.8) is 0 Å². The van der Waals surface area contributed by atoms with Crippen LogP contribution in [0.1, 0.15) is 19.3 Å². The van der Waals surface area contributed by atoms with Crippen molar-refractivity contribution >= 4 is 62.0 Å². The van der Waals surface area contributed by atoms with Crippen LogP contribution in [-0.2, 0) is 4.79 Å². The highest BCUT2D eigenvalue weighted by atomic mass is 32.9. The Morgan fingerprint density at radius 2 is 1.21 bits per heavy atom. The first-order chi connectivity index (χ1) is 18.6. The fraction of sp³-hybridized carbons (Fsp3) is 0.125. The van der Waals surface area contributed by atoms with Gasteiger partial charge in [-0.1, -0.05) is 87.5 Å². The van der Waals surface area contributed by atoms with Gasteiger partial charge in [0.15, 0.2) is 0 Å². The van der Waals surface area contributed by atoms with Crippen LogP contribution in [0.25, 0.3) is 10.4 Å². The zero-order chi connectivity index (χ0) is 26.2. The molecule has 0 fully saturated rings. The van der Waals surface area contributed by atoms with Gasteiger partial charge >= 0.3 is 5.97 Å². The van der Waals surface area contributed by atoms with E-state index in [9.17, 15) is 4.79 Å². The van der Waals surface area contributed by atoms with Crippen molar-refractivity contribution in [1.29, 1.82) is 0 Å². The molecule has 0 aliphatic rings. The molecule has 2 nitrogen and oxygen atoms in total. The molecule has 1 heterocycles. The smallest absolute Gasteiger partial charge is 0.311 e. The number of rotatable bonds is 10. The topological polar surface area (TPSA) is 26.3 Å². The summed E-state index contributed by atoms with van der Waals surface area (Å²) in [5, 5.41) is 4.11. The van der Waals surface area contributed by atoms with E-state index in [1.165, 1.54) is 15.9 Å². The highest BCUT2D eigenvalue weighted by molar-refractivity contribution is 7.95. The fourth-order valence-corrected chi connectivity index (χ4v) is 11.6. The minimum absolute atomic E-state index is 0.188. The zero-order valence-corrected chi connectivity index (χ0v) is 24.2. The lowest BCUT2D eigenvalue weighted by Gasteiger charge is -2.27. The maximum absolute atomic E-state index is 12.7. The van der Waals surface area contributed by atoms with Crippen molar-refractivity contribution in [2.75, 3.05) is 6.16 Å². The monoisotopic (exact) mass is 571 g/mol. The molecule has 0 unspecified atom stereocenters. The van der Waals surface area contributed by atoms with Crippen LogP contribution in [-0.4, -0.2) is 12.1 Å². The second kappa shape index (κ2) is 12.7. The van der Waals surface area contributed by atoms with Gasteiger partial charge in [0, 0.05) is 11.3 Å². The van der Waals surface area contributed by atoms with Crippen molar-refractivity contribution in [3.8, 4) is 16.2 Å². The number of benzene rings is 4. The van der Waals surface area contributed by atoms with Crippen molar-refractivity contribution in [2.24, 2.45) is 0 Å². The lowest BCUT2D eigenvalue weighted by Crippen LogP contribution is -2.33. The van der Waals surface area contributed by atoms with Gasteiger partial charge in [0.2, 0.25) is 0 Å². The van der Waals surface area contributed by atoms with Crippen LogP contribution in [0, 0.1) is 3.82 Å². The van der Waals surface area contributed by atoms with E-state index in [2.05, 4.69) is 91.0 Å². The van der Waals surface area contributed by atoms with E-state index in [1.54, 1.807) is 20.7 Å². The maximum atomic E-state index is 12.7. The van der Waals surface area contributed by atoms with E-state index in [1.807, 2.05) is 30.3 Å². The van der Waals surface area contributed by atoms with Gasteiger partial charge in [0.1, 0.15) is 32.7 Å². The Labute approximate surface area is 237 Å². The second-order valence-electron chi connectivity index (χ2n) is 8.99. The first-order valence-corrected chi connectivity index (χ1v) is 17.1. The molecule has 1 aromatic heterocycles. The Hall–Kier alpha value is -2.95. The summed E-state index contributed by atoms with van der Waals surface area (Å²) in [6.45, 7) is 0. The number of hydrogen-bond donors (Lipinski definition) is 0. The quantitative estimate of drug-likeness (QED) is 0.0421. The van der Waals surface area contributed by atoms with Gasteiger partial charge in [0.25, 0.3) is 0 Å². The first kappa shape index (κ1) is 26.6. The Kier molecular flexibility index (Phi) is 8.93. The number of unbranched alkanes of at least 4 members (excludes halogenated alkanes) is 1. The molecule has 0 atom stereocenters. The number of hydrogen-bond acceptors (Lipinski definition) is 5. The standard InChI is InChI=1S/C32H28O2PS3/c33-31(34-26-21-19-25(20-22-26)30-24-32(36)38-37-30)18-10-11-23-35(27-12-4-1-5-13-27,28-14-6-2-7-15-28)29-16-8-3-9-17-29/h1-9,12-17,19-22,24H,10-11,18,23H2/q+1. The highest BCUT2D eigenvalue weighted by Crippen LogP contribution is 2.56. The fourth-order valence-electron chi connectivity index (χ4n) is 4.74. The van der Waals surface area contributed by atoms with Gasteiger partial charge in [0.05, 0.1) is 6.16 Å². The van der Waals surface area contributed by atoms with E-state index in [-0.39, 0.29) is 5.97 Å². The van der Waals surface area contributed by atoms with E-state index >= 15 is 0 Å². The average molecular weight is 572 g/mol. The molecule has 0 saturated heterocycles. The first-order valence-electron chi connectivity index (χ1n) is 12.6. The molecule has 5 rings (SSSR count). The van der Waals surface area contributed by atoms with Gasteiger partial charge in [-0.25, -0.2) is 0 Å². The molecule has 0 radical (unpaired) electrons. The SMILES string of the molecule is O=C(CCCC[P+](c1ccccc1)(c1ccccc1)c1ccccc1)Oc1ccc(-c2cc(=S)ss2)cc1. The third-order valence-corrected chi connectivity index (χ3v) is 14.0. The summed E-state index contributed by atoms with van der Waals surface area (Å²) in [5.41, 5.74) is 1.09. The maximum Gasteiger partial charge on any atom is 0.311 e. The molecule has 0 N–H and O–H groups in total. The molecule has 0 aliphatic carbocycles. The summed E-state index contributed by atoms with van der Waals surface area (Å²) in [5.74, 6) is 0.393. The molecule has 38 heavy (non-hydrogen) atoms. The van der Waals surface area contributed by atoms with Gasteiger partial charge < -0.3 is 4.74 Å². The van der Waals surface area contributed by atoms with Gasteiger partial charge in [-0.05, 0) is 85.1 Å². The molecule has 190 valence electrons. The molecule has 0 saturated carbocycles. The molecule has 6 heteroatoms. The Balaban J connectivity index is 1.28. The molecule has 0 aliphatic heterocycles. The summed E-state index contributed by atoms with van der Waals surface area (Å²) in [4.78, 5) is 13.8. The number of esters is 1. The zero-order valence-electron chi connectivity index (χ0n) is 20.9. The second-order valence-corrected chi connectivity index (χ2v) is 15.5. The summed E-state index contributed by atoms with van der Waals surface area (Å²) in [6.07, 6.45) is 3.11. The van der Waals surface area contributed by atoms with Crippen LogP contribution in [0.2, 0.25) is 0 Å². The lowest BCUT2D eigenvalue weighted by atomic mass is 10.2. The van der Waals surface area contributed by atoms with Crippen molar-refractivity contribution in [3.05, 3.63) is 125 Å². The van der Waals surface area contributed by atoms with Crippen molar-refractivity contribution in [1.82, 2.24) is 0 Å². The predicted octanol–water partition coefficient (Wildman–Crippen LogP) is 8.28. The van der Waals surface area contributed by atoms with E-state index in [0.717, 1.165) is 33.3 Å². The summed E-state index contributed by atoms with van der Waals surface area (Å²) in [7, 11) is 1.39. The lowest BCUT2D eigenvalue weighted by molar-refractivity contribution is -0.134. The summed E-state index contributed by atoms with van der Waals surface area (Å²) in [6, 6.07) is 42.3. The molecule has 0 amide bonds. The van der Waals surface area contributed by atoms with E-state index in [4.69, 9.17) is 17.0 Å². The van der Waals surface area contributed by atoms with Gasteiger partial charge in [-0.15, -0.1) is 0 Å². The third-order valence-electron chi connectivity index (χ3n) is 6.55. The molecule has 5 aromatic rings. The average Bonchev–Trinajstić information content (AvgIpc) is 3.41. The Bertz CT molecular complexity index is 1420. The minimum Gasteiger partial charge on any atom is -0.427 e. The summed E-state index contributed by atoms with van der Waals surface area (Å²) < 4.78 is 6.54. The van der Waals surface area contributed by atoms with Crippen LogP contribution in [0.15, 0.2) is 121 Å². The predicted molar refractivity (Wildman–Crippen MR) is 168 cm³/mol. The molecular weight excluding hydrogens is 544 g/mol. The molecule has 0 spiro atoms. The number of carbonyl (C=O) groups excluding carboxylic acids is 1. The third kappa shape index (κ3) is 6.19. The molecular formula is C32H28O2PS3+. The largest absolute Gasteiger partial charge is 0.427 e. The molecule has 0 bridgehead atoms. The van der Waals surface area contributed by atoms with Crippen LogP contribution in [0.5, 0.6) is 5.75 Å². The van der Waals surface area contributed by atoms with Gasteiger partial charge in [-0.2, -0.15) is 0 Å². The number of ether oxygens (including phenoxy) is 1. The van der Waals surface area contributed by atoms with Crippen molar-refractivity contribution < 1.29 is 9.53 Å². The van der Waals surface area contributed by atoms with Crippen molar-refractivity contribution in [2.45, 2.75) is 19.3 Å². The number of carbonyl (C=O) groups is 1. The van der Waals surface area contributed by atoms with Crippen LogP contribution >= 0.6 is 40.2 Å². The van der Waals surface area contributed by atoms with E-state index < -0.39 is 7.26 Å². The van der Waals surface area contributed by atoms with Crippen LogP contribution < -0.4 is 20.7 Å². The minimum atomic E-state index is -1.87. The Morgan fingerprint density at radius 3 is 1.68 bits per heavy atom. The van der Waals surface area contributed by atoms with Crippen LogP contribution in [0.4, 0.5) is 0 Å². The van der Waals surface area contributed by atoms with Gasteiger partial charge in [-0.3, -0.25) is 4.79 Å². The highest BCUT2D eigenvalue weighted by Gasteiger charge is 2.44. The molecule has 4 aromatic carbocycles. The summed E-state index contributed by atoms with van der Waals surface area (Å²) >= 11 is 5.23. The van der Waals surface area contributed by atoms with E-state index in [0.29, 0.717) is 12.2 Å². The normalized spacial score (nSPS) is 11.3. The van der Waals surface area contributed by atoms with Crippen LogP contribution in [0.3, 0.4) is 0 Å².